The van der Waals surface area contributed by atoms with Crippen LogP contribution in [0, 0.1) is 5.92 Å². The molecule has 0 spiro atoms. The van der Waals surface area contributed by atoms with Crippen molar-refractivity contribution in [1.82, 2.24) is 5.32 Å². The van der Waals surface area contributed by atoms with E-state index in [9.17, 15) is 4.79 Å². The van der Waals surface area contributed by atoms with Crippen molar-refractivity contribution < 1.29 is 9.53 Å². The molecule has 1 aliphatic carbocycles. The summed E-state index contributed by atoms with van der Waals surface area (Å²) in [6.45, 7) is 0.689. The van der Waals surface area contributed by atoms with Gasteiger partial charge >= 0.3 is 0 Å². The number of carbonyl (C=O) groups excluding carboxylic acids is 1. The van der Waals surface area contributed by atoms with Gasteiger partial charge in [0.25, 0.3) is 5.91 Å². The second-order valence-electron chi connectivity index (χ2n) is 5.62. The molecule has 0 bridgehead atoms. The summed E-state index contributed by atoms with van der Waals surface area (Å²) in [5.74, 6) is 1.03. The minimum absolute atomic E-state index is 0. The number of nitrogens with one attached hydrogen (secondary N) is 1. The predicted octanol–water partition coefficient (Wildman–Crippen LogP) is 4.05. The zero-order valence-corrected chi connectivity index (χ0v) is 14.4. The van der Waals surface area contributed by atoms with Crippen LogP contribution in [0.3, 0.4) is 0 Å². The second-order valence-corrected chi connectivity index (χ2v) is 6.03. The highest BCUT2D eigenvalue weighted by Gasteiger charge is 2.16. The number of hydrogen-bond donors (Lipinski definition) is 2. The predicted molar refractivity (Wildman–Crippen MR) is 93.2 cm³/mol. The molecule has 0 aliphatic heterocycles. The van der Waals surface area contributed by atoms with Crippen molar-refractivity contribution in [2.75, 3.05) is 19.4 Å². The summed E-state index contributed by atoms with van der Waals surface area (Å²) >= 11 is 5.98. The maximum Gasteiger partial charge on any atom is 0.255 e. The van der Waals surface area contributed by atoms with Crippen LogP contribution in [0.5, 0.6) is 5.75 Å². The molecular weight excluding hydrogens is 323 g/mol. The Hall–Kier alpha value is -1.13. The Morgan fingerprint density at radius 2 is 2.05 bits per heavy atom. The molecule has 1 aromatic rings. The van der Waals surface area contributed by atoms with Gasteiger partial charge in [-0.3, -0.25) is 4.79 Å². The lowest BCUT2D eigenvalue weighted by atomic mass is 9.87. The van der Waals surface area contributed by atoms with Gasteiger partial charge in [-0.05, 0) is 18.4 Å². The van der Waals surface area contributed by atoms with Crippen molar-refractivity contribution in [3.05, 3.63) is 22.7 Å². The van der Waals surface area contributed by atoms with E-state index in [1.165, 1.54) is 39.2 Å². The van der Waals surface area contributed by atoms with Crippen LogP contribution in [0.15, 0.2) is 12.1 Å². The minimum atomic E-state index is -0.162. The summed E-state index contributed by atoms with van der Waals surface area (Å²) in [7, 11) is 1.52. The fraction of sp³-hybridized carbons (Fsp3) is 0.562. The highest BCUT2D eigenvalue weighted by atomic mass is 35.5. The number of nitrogens with two attached hydrogens (primary N) is 1. The lowest BCUT2D eigenvalue weighted by molar-refractivity contribution is 0.0947. The molecule has 6 heteroatoms. The van der Waals surface area contributed by atoms with Crippen molar-refractivity contribution >= 4 is 35.6 Å². The summed E-state index contributed by atoms with van der Waals surface area (Å²) < 4.78 is 5.20. The minimum Gasteiger partial charge on any atom is -0.496 e. The maximum absolute atomic E-state index is 12.2. The molecule has 1 aliphatic rings. The lowest BCUT2D eigenvalue weighted by Gasteiger charge is -2.21. The second kappa shape index (κ2) is 9.11. The molecule has 0 atom stereocenters. The van der Waals surface area contributed by atoms with Crippen molar-refractivity contribution in [3.8, 4) is 5.75 Å². The smallest absolute Gasteiger partial charge is 0.255 e. The van der Waals surface area contributed by atoms with Gasteiger partial charge < -0.3 is 15.8 Å². The van der Waals surface area contributed by atoms with Gasteiger partial charge in [0.05, 0.1) is 23.4 Å². The van der Waals surface area contributed by atoms with E-state index in [4.69, 9.17) is 22.1 Å². The molecule has 22 heavy (non-hydrogen) atoms. The Bertz CT molecular complexity index is 503. The summed E-state index contributed by atoms with van der Waals surface area (Å²) in [6.07, 6.45) is 7.60. The van der Waals surface area contributed by atoms with Crippen molar-refractivity contribution in [1.29, 1.82) is 0 Å². The first kappa shape index (κ1) is 18.9. The van der Waals surface area contributed by atoms with Crippen LogP contribution < -0.4 is 15.8 Å². The van der Waals surface area contributed by atoms with Crippen LogP contribution in [0.1, 0.15) is 48.9 Å². The van der Waals surface area contributed by atoms with Crippen molar-refractivity contribution in [3.63, 3.8) is 0 Å². The maximum atomic E-state index is 12.2. The molecule has 3 N–H and O–H groups in total. The van der Waals surface area contributed by atoms with E-state index in [-0.39, 0.29) is 18.3 Å². The number of halogens is 2. The van der Waals surface area contributed by atoms with E-state index >= 15 is 0 Å². The van der Waals surface area contributed by atoms with Gasteiger partial charge in [-0.25, -0.2) is 0 Å². The third-order valence-electron chi connectivity index (χ3n) is 4.13. The molecule has 2 rings (SSSR count). The van der Waals surface area contributed by atoms with Gasteiger partial charge in [0.1, 0.15) is 5.75 Å². The molecule has 1 saturated carbocycles. The standard InChI is InChI=1S/C16H23ClN2O2.ClH/c1-21-15-10-14(18)13(17)9-12(15)16(20)19-8-7-11-5-3-2-4-6-11;/h9-11H,2-8,18H2,1H3,(H,19,20);1H. The number of methoxy groups -OCH3 is 1. The highest BCUT2D eigenvalue weighted by Crippen LogP contribution is 2.29. The third-order valence-corrected chi connectivity index (χ3v) is 4.45. The number of nitrogen functional groups attached to an aromatic ring is 1. The molecule has 0 saturated heterocycles. The average molecular weight is 347 g/mol. The summed E-state index contributed by atoms with van der Waals surface area (Å²) in [5.41, 5.74) is 6.56. The van der Waals surface area contributed by atoms with Gasteiger partial charge in [-0.2, -0.15) is 0 Å². The summed E-state index contributed by atoms with van der Waals surface area (Å²) in [6, 6.07) is 3.14. The van der Waals surface area contributed by atoms with Crippen LogP contribution >= 0.6 is 24.0 Å². The molecular formula is C16H24Cl2N2O2. The van der Waals surface area contributed by atoms with Crippen LogP contribution in [0.2, 0.25) is 5.02 Å². The molecule has 0 radical (unpaired) electrons. The first-order valence-corrected chi connectivity index (χ1v) is 7.91. The molecule has 0 unspecified atom stereocenters. The number of hydrogen-bond acceptors (Lipinski definition) is 3. The Morgan fingerprint density at radius 3 is 2.68 bits per heavy atom. The number of anilines is 1. The van der Waals surface area contributed by atoms with Gasteiger partial charge in [-0.15, -0.1) is 12.4 Å². The molecule has 4 nitrogen and oxygen atoms in total. The number of carbonyl (C=O) groups is 1. The first-order valence-electron chi connectivity index (χ1n) is 7.53. The Labute approximate surface area is 143 Å². The summed E-state index contributed by atoms with van der Waals surface area (Å²) in [4.78, 5) is 12.2. The average Bonchev–Trinajstić information content (AvgIpc) is 2.50. The number of amides is 1. The van der Waals surface area contributed by atoms with E-state index < -0.39 is 0 Å². The van der Waals surface area contributed by atoms with Crippen LogP contribution in [-0.4, -0.2) is 19.6 Å². The fourth-order valence-corrected chi connectivity index (χ4v) is 3.04. The largest absolute Gasteiger partial charge is 0.496 e. The zero-order chi connectivity index (χ0) is 15.2. The Balaban J connectivity index is 0.00000242. The van der Waals surface area contributed by atoms with Crippen LogP contribution in [0.25, 0.3) is 0 Å². The quantitative estimate of drug-likeness (QED) is 0.790. The van der Waals surface area contributed by atoms with E-state index in [1.807, 2.05) is 0 Å². The third kappa shape index (κ3) is 4.96. The van der Waals surface area contributed by atoms with Gasteiger partial charge in [0.15, 0.2) is 0 Å². The summed E-state index contributed by atoms with van der Waals surface area (Å²) in [5, 5.41) is 3.32. The van der Waals surface area contributed by atoms with Gasteiger partial charge in [0, 0.05) is 12.6 Å². The van der Waals surface area contributed by atoms with Gasteiger partial charge in [0.2, 0.25) is 0 Å². The fourth-order valence-electron chi connectivity index (χ4n) is 2.88. The zero-order valence-electron chi connectivity index (χ0n) is 12.9. The molecule has 1 amide bonds. The molecule has 1 aromatic carbocycles. The molecule has 124 valence electrons. The molecule has 0 heterocycles. The highest BCUT2D eigenvalue weighted by molar-refractivity contribution is 6.33. The first-order chi connectivity index (χ1) is 10.1. The van der Waals surface area contributed by atoms with Gasteiger partial charge in [-0.1, -0.05) is 43.7 Å². The number of ether oxygens (including phenoxy) is 1. The molecule has 0 aromatic heterocycles. The Kier molecular flexibility index (Phi) is 7.83. The van der Waals surface area contributed by atoms with E-state index in [0.717, 1.165) is 12.3 Å². The van der Waals surface area contributed by atoms with Crippen LogP contribution in [0.4, 0.5) is 5.69 Å². The van der Waals surface area contributed by atoms with E-state index in [0.29, 0.717) is 28.6 Å². The Morgan fingerprint density at radius 1 is 1.36 bits per heavy atom. The number of benzene rings is 1. The van der Waals surface area contributed by atoms with Crippen molar-refractivity contribution in [2.45, 2.75) is 38.5 Å². The van der Waals surface area contributed by atoms with E-state index in [1.54, 1.807) is 12.1 Å². The van der Waals surface area contributed by atoms with Crippen molar-refractivity contribution in [2.24, 2.45) is 5.92 Å². The van der Waals surface area contributed by atoms with Crippen LogP contribution in [-0.2, 0) is 0 Å². The molecule has 1 fully saturated rings. The number of rotatable bonds is 5. The monoisotopic (exact) mass is 346 g/mol. The lowest BCUT2D eigenvalue weighted by Crippen LogP contribution is -2.27. The normalized spacial score (nSPS) is 15.0. The SMILES string of the molecule is COc1cc(N)c(Cl)cc1C(=O)NCCC1CCCCC1.Cl. The topological polar surface area (TPSA) is 64.3 Å². The van der Waals surface area contributed by atoms with E-state index in [2.05, 4.69) is 5.32 Å².